The Morgan fingerprint density at radius 3 is 2.74 bits per heavy atom. The van der Waals surface area contributed by atoms with Crippen molar-refractivity contribution >= 4 is 29.3 Å². The number of nitrogens with zero attached hydrogens (tertiary/aromatic N) is 6. The Labute approximate surface area is 199 Å². The van der Waals surface area contributed by atoms with E-state index in [2.05, 4.69) is 20.4 Å². The van der Waals surface area contributed by atoms with Gasteiger partial charge < -0.3 is 24.4 Å². The van der Waals surface area contributed by atoms with Gasteiger partial charge in [-0.3, -0.25) is 9.20 Å². The highest BCUT2D eigenvalue weighted by Gasteiger charge is 2.25. The number of carbonyl (C=O) groups is 2. The van der Waals surface area contributed by atoms with Crippen molar-refractivity contribution in [1.29, 1.82) is 0 Å². The third-order valence-electron chi connectivity index (χ3n) is 5.90. The minimum absolute atomic E-state index is 0.111. The standard InChI is InChI=1S/C23H22FN7O4/c1-14-16(24)11-15(12-17(14)26-20(32)18-13-25-19-5-3-4-6-31(18)19)21-27-22(28-35-21)29-7-9-30(10-8-29)23(33)34-2/h3-6,11-13H,7-10H2,1-2H3,(H,26,32). The third kappa shape index (κ3) is 4.25. The summed E-state index contributed by atoms with van der Waals surface area (Å²) in [5.74, 6) is -0.512. The van der Waals surface area contributed by atoms with Crippen LogP contribution in [0.3, 0.4) is 0 Å². The predicted molar refractivity (Wildman–Crippen MR) is 124 cm³/mol. The molecular formula is C23H22FN7O4. The van der Waals surface area contributed by atoms with Crippen molar-refractivity contribution in [2.24, 2.45) is 0 Å². The molecule has 180 valence electrons. The van der Waals surface area contributed by atoms with Crippen LogP contribution in [-0.2, 0) is 4.74 Å². The number of piperazine rings is 1. The Hall–Kier alpha value is -4.48. The maximum Gasteiger partial charge on any atom is 0.409 e. The van der Waals surface area contributed by atoms with Gasteiger partial charge in [0.1, 0.15) is 17.2 Å². The van der Waals surface area contributed by atoms with Gasteiger partial charge in [0, 0.05) is 49.2 Å². The molecule has 3 aromatic heterocycles. The number of nitrogens with one attached hydrogen (secondary N) is 1. The van der Waals surface area contributed by atoms with Crippen LogP contribution in [-0.4, -0.2) is 69.7 Å². The Balaban J connectivity index is 1.36. The van der Waals surface area contributed by atoms with Crippen LogP contribution in [0, 0.1) is 12.7 Å². The average Bonchev–Trinajstić information content (AvgIpc) is 3.54. The number of carbonyl (C=O) groups excluding carboxylic acids is 2. The van der Waals surface area contributed by atoms with Crippen LogP contribution < -0.4 is 10.2 Å². The molecule has 2 amide bonds. The Kier molecular flexibility index (Phi) is 5.77. The van der Waals surface area contributed by atoms with Gasteiger partial charge >= 0.3 is 6.09 Å². The minimum atomic E-state index is -0.526. The highest BCUT2D eigenvalue weighted by Crippen LogP contribution is 2.29. The van der Waals surface area contributed by atoms with E-state index in [0.717, 1.165) is 0 Å². The molecule has 12 heteroatoms. The Bertz CT molecular complexity index is 1410. The summed E-state index contributed by atoms with van der Waals surface area (Å²) in [5, 5.41) is 6.77. The molecule has 1 fully saturated rings. The van der Waals surface area contributed by atoms with E-state index in [1.165, 1.54) is 19.4 Å². The van der Waals surface area contributed by atoms with Crippen LogP contribution in [0.5, 0.6) is 0 Å². The number of fused-ring (bicyclic) bond motifs is 1. The molecular weight excluding hydrogens is 457 g/mol. The SMILES string of the molecule is COC(=O)N1CCN(c2noc(-c3cc(F)c(C)c(NC(=O)c4cnc5ccccn45)c3)n2)CC1. The van der Waals surface area contributed by atoms with E-state index in [4.69, 9.17) is 9.26 Å². The second-order valence-corrected chi connectivity index (χ2v) is 8.00. The summed E-state index contributed by atoms with van der Waals surface area (Å²) >= 11 is 0. The quantitative estimate of drug-likeness (QED) is 0.475. The first-order chi connectivity index (χ1) is 16.9. The molecule has 0 radical (unpaired) electrons. The van der Waals surface area contributed by atoms with Gasteiger partial charge in [-0.15, -0.1) is 0 Å². The zero-order valence-electron chi connectivity index (χ0n) is 19.1. The summed E-state index contributed by atoms with van der Waals surface area (Å²) in [6, 6.07) is 8.27. The number of aromatic nitrogens is 4. The molecule has 35 heavy (non-hydrogen) atoms. The van der Waals surface area contributed by atoms with Crippen molar-refractivity contribution < 1.29 is 23.2 Å². The number of amides is 2. The van der Waals surface area contributed by atoms with Gasteiger partial charge in [0.25, 0.3) is 17.7 Å². The molecule has 1 aliphatic heterocycles. The average molecular weight is 479 g/mol. The fourth-order valence-electron chi connectivity index (χ4n) is 3.90. The number of rotatable bonds is 4. The van der Waals surface area contributed by atoms with E-state index in [0.29, 0.717) is 49.0 Å². The monoisotopic (exact) mass is 479 g/mol. The number of benzene rings is 1. The van der Waals surface area contributed by atoms with E-state index in [1.54, 1.807) is 40.6 Å². The number of halogens is 1. The molecule has 1 aliphatic rings. The van der Waals surface area contributed by atoms with Gasteiger partial charge in [-0.05, 0) is 36.3 Å². The largest absolute Gasteiger partial charge is 0.453 e. The van der Waals surface area contributed by atoms with Crippen LogP contribution in [0.2, 0.25) is 0 Å². The van der Waals surface area contributed by atoms with Crippen LogP contribution in [0.1, 0.15) is 16.1 Å². The van der Waals surface area contributed by atoms with E-state index in [-0.39, 0.29) is 23.2 Å². The van der Waals surface area contributed by atoms with E-state index in [9.17, 15) is 14.0 Å². The summed E-state index contributed by atoms with van der Waals surface area (Å²) in [6.07, 6.45) is 2.81. The number of imidazole rings is 1. The lowest BCUT2D eigenvalue weighted by Gasteiger charge is -2.32. The highest BCUT2D eigenvalue weighted by atomic mass is 19.1. The van der Waals surface area contributed by atoms with Crippen molar-refractivity contribution in [3.05, 3.63) is 59.8 Å². The zero-order chi connectivity index (χ0) is 24.5. The summed E-state index contributed by atoms with van der Waals surface area (Å²) in [4.78, 5) is 36.7. The molecule has 11 nitrogen and oxygen atoms in total. The molecule has 0 atom stereocenters. The lowest BCUT2D eigenvalue weighted by molar-refractivity contribution is 0.102. The molecule has 0 saturated carbocycles. The molecule has 4 heterocycles. The summed E-state index contributed by atoms with van der Waals surface area (Å²) in [7, 11) is 1.34. The molecule has 1 N–H and O–H groups in total. The highest BCUT2D eigenvalue weighted by molar-refractivity contribution is 6.04. The van der Waals surface area contributed by atoms with Gasteiger partial charge in [-0.25, -0.2) is 14.2 Å². The van der Waals surface area contributed by atoms with E-state index < -0.39 is 11.7 Å². The van der Waals surface area contributed by atoms with Crippen LogP contribution >= 0.6 is 0 Å². The number of anilines is 2. The third-order valence-corrected chi connectivity index (χ3v) is 5.90. The molecule has 4 aromatic rings. The number of pyridine rings is 1. The first-order valence-corrected chi connectivity index (χ1v) is 10.9. The van der Waals surface area contributed by atoms with Crippen molar-refractivity contribution in [3.63, 3.8) is 0 Å². The second-order valence-electron chi connectivity index (χ2n) is 8.00. The lowest BCUT2D eigenvalue weighted by Crippen LogP contribution is -2.49. The molecule has 0 bridgehead atoms. The maximum atomic E-state index is 14.8. The molecule has 5 rings (SSSR count). The van der Waals surface area contributed by atoms with Crippen LogP contribution in [0.4, 0.5) is 20.8 Å². The first kappa shape index (κ1) is 22.3. The number of hydrogen-bond acceptors (Lipinski definition) is 8. The fourth-order valence-corrected chi connectivity index (χ4v) is 3.90. The zero-order valence-corrected chi connectivity index (χ0v) is 19.1. The number of hydrogen-bond donors (Lipinski definition) is 1. The fraction of sp³-hybridized carbons (Fsp3) is 0.261. The van der Waals surface area contributed by atoms with Crippen LogP contribution in [0.25, 0.3) is 17.1 Å². The minimum Gasteiger partial charge on any atom is -0.453 e. The molecule has 1 aromatic carbocycles. The van der Waals surface area contributed by atoms with Crippen molar-refractivity contribution in [3.8, 4) is 11.5 Å². The molecule has 1 saturated heterocycles. The maximum absolute atomic E-state index is 14.8. The Morgan fingerprint density at radius 1 is 1.17 bits per heavy atom. The number of ether oxygens (including phenoxy) is 1. The second kappa shape index (κ2) is 9.05. The first-order valence-electron chi connectivity index (χ1n) is 10.9. The molecule has 0 unspecified atom stereocenters. The van der Waals surface area contributed by atoms with Gasteiger partial charge in [-0.2, -0.15) is 4.98 Å². The van der Waals surface area contributed by atoms with Gasteiger partial charge in [0.15, 0.2) is 0 Å². The van der Waals surface area contributed by atoms with Crippen molar-refractivity contribution in [1.82, 2.24) is 24.4 Å². The number of methoxy groups -OCH3 is 1. The van der Waals surface area contributed by atoms with E-state index in [1.807, 2.05) is 11.0 Å². The van der Waals surface area contributed by atoms with Crippen molar-refractivity contribution in [2.45, 2.75) is 6.92 Å². The van der Waals surface area contributed by atoms with Gasteiger partial charge in [0.2, 0.25) is 0 Å². The van der Waals surface area contributed by atoms with Gasteiger partial charge in [0.05, 0.1) is 13.3 Å². The Morgan fingerprint density at radius 2 is 1.97 bits per heavy atom. The summed E-state index contributed by atoms with van der Waals surface area (Å²) < 4.78 is 26.5. The smallest absolute Gasteiger partial charge is 0.409 e. The molecule has 0 aliphatic carbocycles. The normalized spacial score (nSPS) is 13.8. The van der Waals surface area contributed by atoms with Gasteiger partial charge in [-0.1, -0.05) is 6.07 Å². The summed E-state index contributed by atoms with van der Waals surface area (Å²) in [6.45, 7) is 3.47. The lowest BCUT2D eigenvalue weighted by atomic mass is 10.1. The van der Waals surface area contributed by atoms with E-state index >= 15 is 0 Å². The van der Waals surface area contributed by atoms with Crippen molar-refractivity contribution in [2.75, 3.05) is 43.5 Å². The van der Waals surface area contributed by atoms with Crippen LogP contribution in [0.15, 0.2) is 47.2 Å². The predicted octanol–water partition coefficient (Wildman–Crippen LogP) is 2.97. The summed E-state index contributed by atoms with van der Waals surface area (Å²) in [5.41, 5.74) is 1.82. The molecule has 0 spiro atoms. The topological polar surface area (TPSA) is 118 Å².